The van der Waals surface area contributed by atoms with Crippen molar-refractivity contribution >= 4 is 43.1 Å². The van der Waals surface area contributed by atoms with Crippen molar-refractivity contribution in [2.75, 3.05) is 0 Å². The molecule has 0 spiro atoms. The lowest BCUT2D eigenvalue weighted by molar-refractivity contribution is 0.672. The topological polar surface area (TPSA) is 0 Å². The first-order valence-corrected chi connectivity index (χ1v) is 17.4. The van der Waals surface area contributed by atoms with E-state index in [9.17, 15) is 0 Å². The first-order chi connectivity index (χ1) is 24.1. The SMILES string of the molecule is CC1(C)c2c(cc(-c3cccc(-c4ccc5c6c(cccc46)-c4ccccc4-5)c3)c3ccccc23)-c2c1c1ccccc1c1ccccc21. The minimum Gasteiger partial charge on any atom is -0.0616 e. The minimum absolute atomic E-state index is 0.156. The highest BCUT2D eigenvalue weighted by molar-refractivity contribution is 6.21. The third-order valence-corrected chi connectivity index (χ3v) is 11.5. The zero-order chi connectivity index (χ0) is 32.4. The lowest BCUT2D eigenvalue weighted by Crippen LogP contribution is -2.16. The zero-order valence-corrected chi connectivity index (χ0v) is 27.5. The lowest BCUT2D eigenvalue weighted by Gasteiger charge is -2.25. The molecule has 0 unspecified atom stereocenters. The van der Waals surface area contributed by atoms with Crippen molar-refractivity contribution in [1.82, 2.24) is 0 Å². The van der Waals surface area contributed by atoms with Crippen molar-refractivity contribution in [3.8, 4) is 55.6 Å². The summed E-state index contributed by atoms with van der Waals surface area (Å²) < 4.78 is 0. The standard InChI is InChI=1S/C49H32/c1-49(2)47-41-21-9-7-19-36(41)43(28-44(47)46-39-20-8-5-17-34(39)35-18-6-10-22-42(35)48(46)49)30-14-11-13-29(27-30)31-25-26-40-33-16-4-3-15-32(33)38-24-12-23-37(31)45(38)40/h3-28H,1-2H3. The molecule has 0 saturated carbocycles. The van der Waals surface area contributed by atoms with Crippen molar-refractivity contribution in [3.63, 3.8) is 0 Å². The van der Waals surface area contributed by atoms with E-state index in [1.807, 2.05) is 0 Å². The minimum atomic E-state index is -0.156. The predicted octanol–water partition coefficient (Wildman–Crippen LogP) is 13.6. The van der Waals surface area contributed by atoms with Crippen LogP contribution in [-0.4, -0.2) is 0 Å². The van der Waals surface area contributed by atoms with Crippen LogP contribution in [0.4, 0.5) is 0 Å². The van der Waals surface area contributed by atoms with E-state index >= 15 is 0 Å². The predicted molar refractivity (Wildman–Crippen MR) is 209 cm³/mol. The summed E-state index contributed by atoms with van der Waals surface area (Å²) >= 11 is 0. The quantitative estimate of drug-likeness (QED) is 0.169. The van der Waals surface area contributed by atoms with E-state index in [0.29, 0.717) is 0 Å². The highest BCUT2D eigenvalue weighted by Gasteiger charge is 2.40. The second kappa shape index (κ2) is 9.56. The molecule has 9 aromatic carbocycles. The van der Waals surface area contributed by atoms with E-state index in [1.165, 1.54) is 110 Å². The van der Waals surface area contributed by atoms with Gasteiger partial charge in [-0.15, -0.1) is 0 Å². The van der Waals surface area contributed by atoms with Gasteiger partial charge in [-0.05, 0) is 122 Å². The molecule has 49 heavy (non-hydrogen) atoms. The van der Waals surface area contributed by atoms with Crippen molar-refractivity contribution in [1.29, 1.82) is 0 Å². The van der Waals surface area contributed by atoms with Crippen LogP contribution in [-0.2, 0) is 5.41 Å². The Hall–Kier alpha value is -5.98. The normalized spacial score (nSPS) is 13.7. The molecule has 11 rings (SSSR count). The Kier molecular flexibility index (Phi) is 5.27. The molecule has 0 N–H and O–H groups in total. The molecule has 0 nitrogen and oxygen atoms in total. The van der Waals surface area contributed by atoms with Crippen LogP contribution in [0.1, 0.15) is 25.0 Å². The van der Waals surface area contributed by atoms with E-state index in [-0.39, 0.29) is 5.41 Å². The van der Waals surface area contributed by atoms with E-state index in [2.05, 4.69) is 172 Å². The Balaban J connectivity index is 1.18. The van der Waals surface area contributed by atoms with Gasteiger partial charge < -0.3 is 0 Å². The molecule has 0 aromatic heterocycles. The molecule has 0 bridgehead atoms. The summed E-state index contributed by atoms with van der Waals surface area (Å²) in [5.74, 6) is 0. The third kappa shape index (κ3) is 3.48. The number of hydrogen-bond donors (Lipinski definition) is 0. The smallest absolute Gasteiger partial charge is 0.0171 e. The van der Waals surface area contributed by atoms with Gasteiger partial charge in [-0.25, -0.2) is 0 Å². The van der Waals surface area contributed by atoms with E-state index in [0.717, 1.165) is 0 Å². The zero-order valence-electron chi connectivity index (χ0n) is 27.5. The monoisotopic (exact) mass is 620 g/mol. The van der Waals surface area contributed by atoms with Gasteiger partial charge in [0.2, 0.25) is 0 Å². The average molecular weight is 621 g/mol. The lowest BCUT2D eigenvalue weighted by atomic mass is 9.77. The molecule has 2 aliphatic rings. The van der Waals surface area contributed by atoms with Gasteiger partial charge in [-0.1, -0.05) is 159 Å². The molecule has 0 atom stereocenters. The Morgan fingerprint density at radius 1 is 0.306 bits per heavy atom. The maximum Gasteiger partial charge on any atom is 0.0171 e. The van der Waals surface area contributed by atoms with Crippen molar-refractivity contribution in [3.05, 3.63) is 169 Å². The first kappa shape index (κ1) is 27.0. The van der Waals surface area contributed by atoms with Crippen LogP contribution in [0.2, 0.25) is 0 Å². The van der Waals surface area contributed by atoms with E-state index in [1.54, 1.807) is 0 Å². The second-order valence-corrected chi connectivity index (χ2v) is 14.4. The fourth-order valence-electron chi connectivity index (χ4n) is 9.59. The molecule has 0 fully saturated rings. The van der Waals surface area contributed by atoms with Gasteiger partial charge in [-0.2, -0.15) is 0 Å². The average Bonchev–Trinajstić information content (AvgIpc) is 3.61. The number of rotatable bonds is 2. The maximum atomic E-state index is 2.51. The molecule has 9 aromatic rings. The van der Waals surface area contributed by atoms with Crippen LogP contribution in [0.15, 0.2) is 158 Å². The van der Waals surface area contributed by atoms with E-state index < -0.39 is 0 Å². The molecule has 0 amide bonds. The van der Waals surface area contributed by atoms with Gasteiger partial charge in [0.05, 0.1) is 0 Å². The molecule has 0 heterocycles. The summed E-state index contributed by atoms with van der Waals surface area (Å²) in [7, 11) is 0. The molecular formula is C49H32. The highest BCUT2D eigenvalue weighted by atomic mass is 14.4. The molecule has 0 saturated heterocycles. The number of hydrogen-bond acceptors (Lipinski definition) is 0. The summed E-state index contributed by atoms with van der Waals surface area (Å²) in [5.41, 5.74) is 15.9. The van der Waals surface area contributed by atoms with Gasteiger partial charge in [0, 0.05) is 5.41 Å². The van der Waals surface area contributed by atoms with Crippen molar-refractivity contribution in [2.45, 2.75) is 19.3 Å². The molecular weight excluding hydrogens is 589 g/mol. The Labute approximate surface area is 285 Å². The molecule has 228 valence electrons. The second-order valence-electron chi connectivity index (χ2n) is 14.4. The van der Waals surface area contributed by atoms with Crippen molar-refractivity contribution in [2.24, 2.45) is 0 Å². The van der Waals surface area contributed by atoms with Gasteiger partial charge in [-0.3, -0.25) is 0 Å². The van der Waals surface area contributed by atoms with Crippen LogP contribution < -0.4 is 0 Å². The Morgan fingerprint density at radius 3 is 1.53 bits per heavy atom. The molecule has 0 aliphatic heterocycles. The fraction of sp³-hybridized carbons (Fsp3) is 0.0612. The van der Waals surface area contributed by atoms with Crippen LogP contribution in [0.25, 0.3) is 98.7 Å². The van der Waals surface area contributed by atoms with Crippen molar-refractivity contribution < 1.29 is 0 Å². The van der Waals surface area contributed by atoms with Crippen LogP contribution in [0, 0.1) is 0 Å². The van der Waals surface area contributed by atoms with Gasteiger partial charge in [0.15, 0.2) is 0 Å². The maximum absolute atomic E-state index is 2.51. The van der Waals surface area contributed by atoms with Gasteiger partial charge >= 0.3 is 0 Å². The highest BCUT2D eigenvalue weighted by Crippen LogP contribution is 2.58. The van der Waals surface area contributed by atoms with Gasteiger partial charge in [0.1, 0.15) is 0 Å². The summed E-state index contributed by atoms with van der Waals surface area (Å²) in [6, 6.07) is 59.1. The largest absolute Gasteiger partial charge is 0.0616 e. The van der Waals surface area contributed by atoms with Gasteiger partial charge in [0.25, 0.3) is 0 Å². The van der Waals surface area contributed by atoms with Crippen LogP contribution >= 0.6 is 0 Å². The molecule has 0 radical (unpaired) electrons. The van der Waals surface area contributed by atoms with Crippen LogP contribution in [0.3, 0.4) is 0 Å². The van der Waals surface area contributed by atoms with Crippen LogP contribution in [0.5, 0.6) is 0 Å². The molecule has 2 aliphatic carbocycles. The molecule has 0 heteroatoms. The van der Waals surface area contributed by atoms with E-state index in [4.69, 9.17) is 0 Å². The third-order valence-electron chi connectivity index (χ3n) is 11.5. The first-order valence-electron chi connectivity index (χ1n) is 17.4. The number of fused-ring (bicyclic) bond motifs is 13. The number of benzene rings is 9. The summed E-state index contributed by atoms with van der Waals surface area (Å²) in [5, 5.41) is 10.7. The fourth-order valence-corrected chi connectivity index (χ4v) is 9.59. The Morgan fingerprint density at radius 2 is 0.796 bits per heavy atom. The summed E-state index contributed by atoms with van der Waals surface area (Å²) in [4.78, 5) is 0. The summed E-state index contributed by atoms with van der Waals surface area (Å²) in [6.45, 7) is 4.86. The Bertz CT molecular complexity index is 2870. The summed E-state index contributed by atoms with van der Waals surface area (Å²) in [6.07, 6.45) is 0.